The second-order valence-electron chi connectivity index (χ2n) is 6.18. The molecule has 102 valence electrons. The maximum absolute atomic E-state index is 11.7. The molecule has 18 heavy (non-hydrogen) atoms. The number of allylic oxidation sites excluding steroid dienone is 1. The minimum absolute atomic E-state index is 0.142. The Balaban J connectivity index is 2.74. The van der Waals surface area contributed by atoms with Gasteiger partial charge >= 0.3 is 11.9 Å². The second kappa shape index (κ2) is 4.68. The van der Waals surface area contributed by atoms with Crippen LogP contribution in [-0.2, 0) is 14.3 Å². The topological polar surface area (TPSA) is 63.6 Å². The first-order chi connectivity index (χ1) is 7.97. The summed E-state index contributed by atoms with van der Waals surface area (Å²) < 4.78 is 5.48. The van der Waals surface area contributed by atoms with Gasteiger partial charge in [-0.05, 0) is 48.0 Å². The molecule has 0 aliphatic heterocycles. The van der Waals surface area contributed by atoms with Crippen LogP contribution in [0.4, 0.5) is 0 Å². The van der Waals surface area contributed by atoms with Gasteiger partial charge in [-0.3, -0.25) is 4.79 Å². The molecule has 0 heterocycles. The summed E-state index contributed by atoms with van der Waals surface area (Å²) in [4.78, 5) is 22.7. The van der Waals surface area contributed by atoms with Crippen LogP contribution in [0, 0.1) is 17.3 Å². The maximum Gasteiger partial charge on any atom is 0.345 e. The van der Waals surface area contributed by atoms with Gasteiger partial charge in [0.1, 0.15) is 5.60 Å². The number of hydrogen-bond donors (Lipinski definition) is 1. The molecule has 1 aliphatic carbocycles. The van der Waals surface area contributed by atoms with Crippen molar-refractivity contribution in [2.24, 2.45) is 17.3 Å². The van der Waals surface area contributed by atoms with Gasteiger partial charge in [-0.15, -0.1) is 0 Å². The van der Waals surface area contributed by atoms with Crippen molar-refractivity contribution in [1.82, 2.24) is 0 Å². The summed E-state index contributed by atoms with van der Waals surface area (Å²) in [5, 5.41) is 9.04. The van der Waals surface area contributed by atoms with Crippen molar-refractivity contribution < 1.29 is 19.4 Å². The second-order valence-corrected chi connectivity index (χ2v) is 7.03. The fourth-order valence-electron chi connectivity index (χ4n) is 2.01. The summed E-state index contributed by atoms with van der Waals surface area (Å²) in [5.41, 5.74) is -0.873. The molecule has 0 aromatic heterocycles. The number of halogens is 1. The number of aliphatic carboxylic acids is 1. The van der Waals surface area contributed by atoms with E-state index in [1.54, 1.807) is 26.8 Å². The fraction of sp³-hybridized carbons (Fsp3) is 0.692. The number of carboxylic acid groups (broad SMARTS) is 1. The highest BCUT2D eigenvalue weighted by atomic mass is 79.9. The highest BCUT2D eigenvalue weighted by Gasteiger charge is 2.61. The molecule has 0 bridgehead atoms. The first-order valence-corrected chi connectivity index (χ1v) is 6.59. The van der Waals surface area contributed by atoms with Gasteiger partial charge in [-0.25, -0.2) is 4.79 Å². The highest BCUT2D eigenvalue weighted by molar-refractivity contribution is 9.12. The molecule has 0 saturated heterocycles. The van der Waals surface area contributed by atoms with Crippen molar-refractivity contribution >= 4 is 27.9 Å². The Hall–Kier alpha value is -0.840. The smallest absolute Gasteiger partial charge is 0.345 e. The van der Waals surface area contributed by atoms with Gasteiger partial charge in [-0.1, -0.05) is 19.9 Å². The van der Waals surface area contributed by atoms with E-state index in [9.17, 15) is 9.59 Å². The summed E-state index contributed by atoms with van der Waals surface area (Å²) in [7, 11) is 0. The monoisotopic (exact) mass is 318 g/mol. The normalized spacial score (nSPS) is 26.7. The van der Waals surface area contributed by atoms with Crippen molar-refractivity contribution in [1.29, 1.82) is 0 Å². The largest absolute Gasteiger partial charge is 0.481 e. The van der Waals surface area contributed by atoms with Crippen LogP contribution in [0.1, 0.15) is 34.6 Å². The fourth-order valence-corrected chi connectivity index (χ4v) is 2.38. The van der Waals surface area contributed by atoms with Gasteiger partial charge in [0.2, 0.25) is 0 Å². The lowest BCUT2D eigenvalue weighted by molar-refractivity contribution is -0.149. The van der Waals surface area contributed by atoms with Crippen LogP contribution in [0.25, 0.3) is 0 Å². The first kappa shape index (κ1) is 15.2. The molecule has 0 aromatic rings. The Bertz CT molecular complexity index is 404. The zero-order valence-electron chi connectivity index (χ0n) is 11.3. The van der Waals surface area contributed by atoms with Crippen molar-refractivity contribution in [3.8, 4) is 0 Å². The lowest BCUT2D eigenvalue weighted by atomic mass is 10.1. The quantitative estimate of drug-likeness (QED) is 0.642. The Morgan fingerprint density at radius 1 is 1.33 bits per heavy atom. The maximum atomic E-state index is 11.7. The molecule has 1 aliphatic rings. The van der Waals surface area contributed by atoms with E-state index in [2.05, 4.69) is 15.9 Å². The molecule has 0 unspecified atom stereocenters. The zero-order valence-corrected chi connectivity index (χ0v) is 12.9. The van der Waals surface area contributed by atoms with Gasteiger partial charge in [0.05, 0.1) is 10.4 Å². The lowest BCUT2D eigenvalue weighted by Gasteiger charge is -2.19. The van der Waals surface area contributed by atoms with E-state index in [4.69, 9.17) is 9.84 Å². The average molecular weight is 319 g/mol. The Morgan fingerprint density at radius 3 is 2.17 bits per heavy atom. The number of hydrogen-bond acceptors (Lipinski definition) is 3. The van der Waals surface area contributed by atoms with E-state index in [0.29, 0.717) is 4.48 Å². The number of esters is 1. The third-order valence-electron chi connectivity index (χ3n) is 3.10. The molecule has 0 radical (unpaired) electrons. The average Bonchev–Trinajstić information content (AvgIpc) is 2.64. The molecule has 1 rings (SSSR count). The molecular formula is C13H19BrO4. The molecule has 4 nitrogen and oxygen atoms in total. The minimum Gasteiger partial charge on any atom is -0.481 e. The van der Waals surface area contributed by atoms with Gasteiger partial charge in [-0.2, -0.15) is 0 Å². The molecule has 0 spiro atoms. The number of ether oxygens (including phenoxy) is 1. The highest BCUT2D eigenvalue weighted by Crippen LogP contribution is 2.59. The molecule has 1 fully saturated rings. The zero-order chi connectivity index (χ0) is 14.3. The Labute approximate surface area is 116 Å². The molecule has 2 atom stereocenters. The Kier molecular flexibility index (Phi) is 3.96. The lowest BCUT2D eigenvalue weighted by Crippen LogP contribution is -2.23. The van der Waals surface area contributed by atoms with Gasteiger partial charge in [0, 0.05) is 0 Å². The van der Waals surface area contributed by atoms with Gasteiger partial charge < -0.3 is 9.84 Å². The van der Waals surface area contributed by atoms with Crippen molar-refractivity contribution in [3.05, 3.63) is 10.6 Å². The summed E-state index contributed by atoms with van der Waals surface area (Å²) in [6.07, 6.45) is 1.65. The van der Waals surface area contributed by atoms with Crippen LogP contribution >= 0.6 is 15.9 Å². The van der Waals surface area contributed by atoms with E-state index >= 15 is 0 Å². The molecule has 0 amide bonds. The van der Waals surface area contributed by atoms with Crippen LogP contribution in [0.3, 0.4) is 0 Å². The number of carboxylic acids is 1. The van der Waals surface area contributed by atoms with Gasteiger partial charge in [0.15, 0.2) is 0 Å². The van der Waals surface area contributed by atoms with E-state index in [-0.39, 0.29) is 11.3 Å². The van der Waals surface area contributed by atoms with E-state index < -0.39 is 23.5 Å². The predicted octanol–water partition coefficient (Wildman–Crippen LogP) is 2.96. The van der Waals surface area contributed by atoms with Crippen molar-refractivity contribution in [3.63, 3.8) is 0 Å². The number of carbonyl (C=O) groups excluding carboxylic acids is 1. The summed E-state index contributed by atoms with van der Waals surface area (Å²) in [6.45, 7) is 9.11. The predicted molar refractivity (Wildman–Crippen MR) is 71.3 cm³/mol. The minimum atomic E-state index is -0.828. The number of carbonyl (C=O) groups is 2. The summed E-state index contributed by atoms with van der Waals surface area (Å²) in [5.74, 6) is -1.87. The van der Waals surface area contributed by atoms with Crippen LogP contribution < -0.4 is 0 Å². The molecule has 1 saturated carbocycles. The van der Waals surface area contributed by atoms with Crippen LogP contribution in [0.5, 0.6) is 0 Å². The molecule has 0 aromatic carbocycles. The third-order valence-corrected chi connectivity index (χ3v) is 3.68. The third kappa shape index (κ3) is 3.34. The summed E-state index contributed by atoms with van der Waals surface area (Å²) in [6, 6.07) is 0. The SMILES string of the molecule is CC(C)(C)OC(=O)/C(Br)=C\[C@H]1[C@@H](C(=O)O)C1(C)C. The first-order valence-electron chi connectivity index (χ1n) is 5.80. The van der Waals surface area contributed by atoms with Crippen molar-refractivity contribution in [2.45, 2.75) is 40.2 Å². The van der Waals surface area contributed by atoms with E-state index in [1.165, 1.54) is 0 Å². The standard InChI is InChI=1S/C13H19BrO4/c1-12(2,3)18-11(17)8(14)6-7-9(10(15)16)13(7,4)5/h6-7,9H,1-5H3,(H,15,16)/b8-6+/t7-,9-/m0/s1. The number of rotatable bonds is 3. The van der Waals surface area contributed by atoms with Crippen LogP contribution in [-0.4, -0.2) is 22.6 Å². The van der Waals surface area contributed by atoms with E-state index in [0.717, 1.165) is 0 Å². The Morgan fingerprint density at radius 2 is 1.83 bits per heavy atom. The summed E-state index contributed by atoms with van der Waals surface area (Å²) >= 11 is 3.16. The molecule has 1 N–H and O–H groups in total. The molecular weight excluding hydrogens is 300 g/mol. The van der Waals surface area contributed by atoms with Crippen LogP contribution in [0.15, 0.2) is 10.6 Å². The van der Waals surface area contributed by atoms with Gasteiger partial charge in [0.25, 0.3) is 0 Å². The van der Waals surface area contributed by atoms with Crippen LogP contribution in [0.2, 0.25) is 0 Å². The molecule has 5 heteroatoms. The van der Waals surface area contributed by atoms with E-state index in [1.807, 2.05) is 13.8 Å². The van der Waals surface area contributed by atoms with Crippen molar-refractivity contribution in [2.75, 3.05) is 0 Å².